The lowest BCUT2D eigenvalue weighted by Crippen LogP contribution is -2.45. The summed E-state index contributed by atoms with van der Waals surface area (Å²) in [6.45, 7) is 5.29. The molecule has 0 radical (unpaired) electrons. The lowest BCUT2D eigenvalue weighted by atomic mass is 10.1. The zero-order valence-corrected chi connectivity index (χ0v) is 13.6. The van der Waals surface area contributed by atoms with E-state index >= 15 is 0 Å². The normalized spacial score (nSPS) is 10.9. The van der Waals surface area contributed by atoms with Gasteiger partial charge in [0.2, 0.25) is 0 Å². The summed E-state index contributed by atoms with van der Waals surface area (Å²) in [5.41, 5.74) is -0.714. The van der Waals surface area contributed by atoms with Crippen molar-refractivity contribution in [1.82, 2.24) is 14.7 Å². The quantitative estimate of drug-likeness (QED) is 0.864. The molecule has 0 saturated heterocycles. The lowest BCUT2D eigenvalue weighted by Gasteiger charge is -2.32. The Morgan fingerprint density at radius 1 is 1.39 bits per heavy atom. The molecule has 0 spiro atoms. The van der Waals surface area contributed by atoms with Crippen LogP contribution >= 0.6 is 12.4 Å². The van der Waals surface area contributed by atoms with E-state index in [1.54, 1.807) is 26.8 Å². The van der Waals surface area contributed by atoms with Gasteiger partial charge in [-0.15, -0.1) is 17.1 Å². The topological polar surface area (TPSA) is 121 Å². The summed E-state index contributed by atoms with van der Waals surface area (Å²) in [6, 6.07) is 3.15. The van der Waals surface area contributed by atoms with Crippen molar-refractivity contribution in [3.05, 3.63) is 44.9 Å². The minimum absolute atomic E-state index is 0. The average molecular weight is 345 g/mol. The molecule has 2 aromatic rings. The predicted octanol–water partition coefficient (Wildman–Crippen LogP) is 1.28. The fraction of sp³-hybridized carbons (Fsp3) is 0.385. The highest BCUT2D eigenvalue weighted by Gasteiger charge is 2.28. The van der Waals surface area contributed by atoms with Gasteiger partial charge in [-0.2, -0.15) is 0 Å². The number of carbonyl (C=O) groups is 1. The number of carboxylic acid groups (broad SMARTS) is 1. The van der Waals surface area contributed by atoms with Crippen molar-refractivity contribution in [2.24, 2.45) is 0 Å². The number of H-pyrrole nitrogens is 1. The van der Waals surface area contributed by atoms with Crippen LogP contribution in [0.1, 0.15) is 26.3 Å². The first-order valence-electron chi connectivity index (χ1n) is 6.47. The number of halogens is 1. The molecule has 9 nitrogen and oxygen atoms in total. The third-order valence-electron chi connectivity index (χ3n) is 2.86. The molecule has 23 heavy (non-hydrogen) atoms. The summed E-state index contributed by atoms with van der Waals surface area (Å²) in [5, 5.41) is 9.29. The van der Waals surface area contributed by atoms with Crippen LogP contribution < -0.4 is 16.3 Å². The molecule has 0 bridgehead atoms. The maximum atomic E-state index is 11.4. The first kappa shape index (κ1) is 18.5. The monoisotopic (exact) mass is 344 g/mol. The largest absolute Gasteiger partial charge is 0.465 e. The number of aromatic nitrogens is 3. The van der Waals surface area contributed by atoms with Crippen LogP contribution in [-0.2, 0) is 6.54 Å². The molecule has 1 amide bonds. The van der Waals surface area contributed by atoms with Gasteiger partial charge >= 0.3 is 17.5 Å². The van der Waals surface area contributed by atoms with Crippen molar-refractivity contribution in [2.75, 3.05) is 4.90 Å². The minimum atomic E-state index is -1.11. The summed E-state index contributed by atoms with van der Waals surface area (Å²) in [6.07, 6.45) is 0.316. The van der Waals surface area contributed by atoms with Crippen molar-refractivity contribution in [2.45, 2.75) is 32.9 Å². The predicted molar refractivity (Wildman–Crippen MR) is 84.4 cm³/mol. The number of hydrogen-bond donors (Lipinski definition) is 2. The number of amides is 1. The zero-order valence-electron chi connectivity index (χ0n) is 12.8. The van der Waals surface area contributed by atoms with Gasteiger partial charge in [0.1, 0.15) is 5.82 Å². The fourth-order valence-electron chi connectivity index (χ4n) is 1.95. The van der Waals surface area contributed by atoms with E-state index in [-0.39, 0.29) is 24.8 Å². The van der Waals surface area contributed by atoms with Gasteiger partial charge in [-0.3, -0.25) is 4.90 Å². The molecule has 2 N–H and O–H groups in total. The van der Waals surface area contributed by atoms with Gasteiger partial charge in [0.25, 0.3) is 0 Å². The van der Waals surface area contributed by atoms with Crippen LogP contribution in [0.2, 0.25) is 0 Å². The number of aromatic amines is 1. The summed E-state index contributed by atoms with van der Waals surface area (Å²) in [5.74, 6) is -0.564. The van der Waals surface area contributed by atoms with Crippen LogP contribution in [0.25, 0.3) is 0 Å². The standard InChI is InChI=1S/C13H16N4O5.ClH/c1-13(2,3)17(12(20)21)9-5-4-8(6-14-9)7-16-10(18)15-11(19)22-16;/h4-6H,7H2,1-3H3,(H,20,21)(H,15,18,19);1H. The Balaban J connectivity index is 0.00000264. The molecule has 2 aromatic heterocycles. The third-order valence-corrected chi connectivity index (χ3v) is 2.86. The Morgan fingerprint density at radius 3 is 2.43 bits per heavy atom. The Bertz CT molecular complexity index is 784. The van der Waals surface area contributed by atoms with E-state index in [0.29, 0.717) is 5.56 Å². The highest BCUT2D eigenvalue weighted by Crippen LogP contribution is 2.22. The lowest BCUT2D eigenvalue weighted by molar-refractivity contribution is 0.195. The number of anilines is 1. The summed E-state index contributed by atoms with van der Waals surface area (Å²) in [7, 11) is 0. The first-order valence-corrected chi connectivity index (χ1v) is 6.47. The van der Waals surface area contributed by atoms with Crippen LogP contribution in [0, 0.1) is 0 Å². The molecule has 0 aliphatic carbocycles. The Morgan fingerprint density at radius 2 is 2.04 bits per heavy atom. The highest BCUT2D eigenvalue weighted by atomic mass is 35.5. The van der Waals surface area contributed by atoms with Crippen LogP contribution in [0.3, 0.4) is 0 Å². The van der Waals surface area contributed by atoms with Crippen LogP contribution in [-0.4, -0.2) is 31.4 Å². The second-order valence-corrected chi connectivity index (χ2v) is 5.66. The van der Waals surface area contributed by atoms with E-state index in [4.69, 9.17) is 0 Å². The summed E-state index contributed by atoms with van der Waals surface area (Å²) >= 11 is 0. The van der Waals surface area contributed by atoms with E-state index in [2.05, 4.69) is 9.51 Å². The van der Waals surface area contributed by atoms with Gasteiger partial charge < -0.3 is 9.63 Å². The molecule has 2 heterocycles. The van der Waals surface area contributed by atoms with Crippen molar-refractivity contribution in [1.29, 1.82) is 0 Å². The molecule has 126 valence electrons. The van der Waals surface area contributed by atoms with Gasteiger partial charge in [-0.25, -0.2) is 24.4 Å². The van der Waals surface area contributed by atoms with Gasteiger partial charge in [0.15, 0.2) is 0 Å². The van der Waals surface area contributed by atoms with Crippen LogP contribution in [0.4, 0.5) is 10.6 Å². The van der Waals surface area contributed by atoms with E-state index in [1.165, 1.54) is 12.3 Å². The smallest absolute Gasteiger partial charge is 0.440 e. The van der Waals surface area contributed by atoms with Gasteiger partial charge in [0, 0.05) is 11.7 Å². The SMILES string of the molecule is CC(C)(C)N(C(=O)O)c1ccc(Cn2oc(=O)[nH]c2=O)cn1.Cl. The molecule has 0 aromatic carbocycles. The van der Waals surface area contributed by atoms with Crippen LogP contribution in [0.15, 0.2) is 32.4 Å². The minimum Gasteiger partial charge on any atom is -0.465 e. The molecular formula is C13H17ClN4O5. The molecule has 0 unspecified atom stereocenters. The van der Waals surface area contributed by atoms with Gasteiger partial charge in [-0.05, 0) is 32.4 Å². The first-order chi connectivity index (χ1) is 10.2. The van der Waals surface area contributed by atoms with Crippen molar-refractivity contribution in [3.8, 4) is 0 Å². The van der Waals surface area contributed by atoms with Crippen molar-refractivity contribution in [3.63, 3.8) is 0 Å². The van der Waals surface area contributed by atoms with Gasteiger partial charge in [0.05, 0.1) is 6.54 Å². The molecule has 0 aliphatic rings. The van der Waals surface area contributed by atoms with Gasteiger partial charge in [-0.1, -0.05) is 6.07 Å². The summed E-state index contributed by atoms with van der Waals surface area (Å²) < 4.78 is 5.51. The maximum absolute atomic E-state index is 11.4. The second-order valence-electron chi connectivity index (χ2n) is 5.66. The van der Waals surface area contributed by atoms with E-state index < -0.39 is 23.1 Å². The molecule has 0 atom stereocenters. The highest BCUT2D eigenvalue weighted by molar-refractivity contribution is 5.86. The number of nitrogens with one attached hydrogen (secondary N) is 1. The number of nitrogens with zero attached hydrogens (tertiary/aromatic N) is 3. The van der Waals surface area contributed by atoms with E-state index in [9.17, 15) is 19.5 Å². The maximum Gasteiger partial charge on any atom is 0.440 e. The Labute approximate surface area is 136 Å². The van der Waals surface area contributed by atoms with Crippen molar-refractivity contribution < 1.29 is 14.4 Å². The number of pyridine rings is 1. The second kappa shape index (κ2) is 6.69. The fourth-order valence-corrected chi connectivity index (χ4v) is 1.95. The number of rotatable bonds is 3. The van der Waals surface area contributed by atoms with E-state index in [0.717, 1.165) is 9.64 Å². The third kappa shape index (κ3) is 4.22. The molecule has 0 aliphatic heterocycles. The Kier molecular flexibility index (Phi) is 5.38. The Hall–Kier alpha value is -2.55. The number of hydrogen-bond acceptors (Lipinski definition) is 5. The molecule has 10 heteroatoms. The average Bonchev–Trinajstić information content (AvgIpc) is 2.68. The van der Waals surface area contributed by atoms with E-state index in [1.807, 2.05) is 4.98 Å². The summed E-state index contributed by atoms with van der Waals surface area (Å²) in [4.78, 5) is 40.8. The van der Waals surface area contributed by atoms with Crippen LogP contribution in [0.5, 0.6) is 0 Å². The van der Waals surface area contributed by atoms with Crippen molar-refractivity contribution >= 4 is 24.3 Å². The molecule has 2 rings (SSSR count). The molecule has 0 fully saturated rings. The zero-order chi connectivity index (χ0) is 16.5. The molecule has 0 saturated carbocycles. The molecular weight excluding hydrogens is 328 g/mol.